The predicted molar refractivity (Wildman–Crippen MR) is 99.6 cm³/mol. The topological polar surface area (TPSA) is 84.2 Å². The second-order valence-corrected chi connectivity index (χ2v) is 9.30. The van der Waals surface area contributed by atoms with E-state index in [9.17, 15) is 8.42 Å². The maximum atomic E-state index is 12.3. The number of aromatic nitrogens is 4. The fourth-order valence-electron chi connectivity index (χ4n) is 3.26. The Hall–Kier alpha value is -1.84. The molecule has 1 unspecified atom stereocenters. The Morgan fingerprint density at radius 2 is 2.08 bits per heavy atom. The first-order valence-electron chi connectivity index (χ1n) is 8.81. The van der Waals surface area contributed by atoms with Crippen LogP contribution in [-0.2, 0) is 16.6 Å². The fourth-order valence-corrected chi connectivity index (χ4v) is 4.45. The van der Waals surface area contributed by atoms with E-state index in [2.05, 4.69) is 23.9 Å². The zero-order valence-corrected chi connectivity index (χ0v) is 16.5. The van der Waals surface area contributed by atoms with E-state index < -0.39 is 10.2 Å². The normalized spacial score (nSPS) is 18.9. The molecule has 0 amide bonds. The summed E-state index contributed by atoms with van der Waals surface area (Å²) in [5.74, 6) is 0.254. The van der Waals surface area contributed by atoms with Crippen LogP contribution in [0.2, 0.25) is 0 Å². The first-order valence-corrected chi connectivity index (χ1v) is 10.2. The van der Waals surface area contributed by atoms with E-state index in [4.69, 9.17) is 4.98 Å². The summed E-state index contributed by atoms with van der Waals surface area (Å²) in [6, 6.07) is 2.18. The van der Waals surface area contributed by atoms with Gasteiger partial charge in [0.15, 0.2) is 0 Å². The van der Waals surface area contributed by atoms with Crippen LogP contribution in [0.1, 0.15) is 32.0 Å². The average molecular weight is 379 g/mol. The van der Waals surface area contributed by atoms with Crippen LogP contribution in [-0.4, -0.2) is 64.0 Å². The van der Waals surface area contributed by atoms with E-state index in [1.54, 1.807) is 37.0 Å². The van der Waals surface area contributed by atoms with Crippen molar-refractivity contribution in [2.24, 2.45) is 5.92 Å². The molecular formula is C17H26N6O2S. The Labute approximate surface area is 155 Å². The highest BCUT2D eigenvalue weighted by Crippen LogP contribution is 2.25. The molecule has 0 radical (unpaired) electrons. The van der Waals surface area contributed by atoms with Gasteiger partial charge in [-0.05, 0) is 38.7 Å². The molecule has 0 aromatic carbocycles. The van der Waals surface area contributed by atoms with Gasteiger partial charge < -0.3 is 0 Å². The minimum Gasteiger partial charge on any atom is -0.261 e. The standard InChI is InChI=1S/C17H26N6O2S/c1-13(2)23-17(5-7-19-23)16-11-18-10-15(20-16)9-14-6-8-22(12-14)26(24,25)21(3)4/h5,7,10-11,13-14H,6,8-9,12H2,1-4H3. The van der Waals surface area contributed by atoms with Crippen molar-refractivity contribution in [3.8, 4) is 11.4 Å². The molecule has 1 atom stereocenters. The lowest BCUT2D eigenvalue weighted by Gasteiger charge is -2.20. The molecule has 1 fully saturated rings. The Kier molecular flexibility index (Phi) is 5.40. The second-order valence-electron chi connectivity index (χ2n) is 7.16. The Morgan fingerprint density at radius 1 is 1.31 bits per heavy atom. The number of hydrogen-bond donors (Lipinski definition) is 0. The molecule has 3 heterocycles. The van der Waals surface area contributed by atoms with Gasteiger partial charge in [0.05, 0.1) is 17.6 Å². The molecule has 0 aliphatic carbocycles. The highest BCUT2D eigenvalue weighted by Gasteiger charge is 2.32. The third-order valence-electron chi connectivity index (χ3n) is 4.64. The number of nitrogens with zero attached hydrogens (tertiary/aromatic N) is 6. The second kappa shape index (κ2) is 7.42. The third kappa shape index (κ3) is 3.79. The maximum Gasteiger partial charge on any atom is 0.281 e. The summed E-state index contributed by atoms with van der Waals surface area (Å²) in [5.41, 5.74) is 2.62. The Balaban J connectivity index is 1.73. The summed E-state index contributed by atoms with van der Waals surface area (Å²) < 4.78 is 29.2. The highest BCUT2D eigenvalue weighted by molar-refractivity contribution is 7.86. The van der Waals surface area contributed by atoms with Crippen molar-refractivity contribution in [2.45, 2.75) is 32.7 Å². The van der Waals surface area contributed by atoms with Gasteiger partial charge in [-0.2, -0.15) is 22.1 Å². The summed E-state index contributed by atoms with van der Waals surface area (Å²) in [6.45, 7) is 5.23. The van der Waals surface area contributed by atoms with Gasteiger partial charge in [-0.3, -0.25) is 9.67 Å². The molecule has 142 valence electrons. The van der Waals surface area contributed by atoms with Crippen molar-refractivity contribution >= 4 is 10.2 Å². The van der Waals surface area contributed by atoms with Gasteiger partial charge in [0, 0.05) is 45.6 Å². The van der Waals surface area contributed by atoms with Crippen LogP contribution in [0, 0.1) is 5.92 Å². The van der Waals surface area contributed by atoms with E-state index in [1.165, 1.54) is 4.31 Å². The molecule has 0 saturated carbocycles. The first kappa shape index (κ1) is 18.9. The molecule has 9 heteroatoms. The molecule has 3 rings (SSSR count). The summed E-state index contributed by atoms with van der Waals surface area (Å²) in [5, 5.41) is 4.35. The van der Waals surface area contributed by atoms with Crippen LogP contribution >= 0.6 is 0 Å². The van der Waals surface area contributed by atoms with Gasteiger partial charge >= 0.3 is 0 Å². The summed E-state index contributed by atoms with van der Waals surface area (Å²) >= 11 is 0. The molecule has 2 aromatic rings. The lowest BCUT2D eigenvalue weighted by atomic mass is 10.0. The van der Waals surface area contributed by atoms with Crippen molar-refractivity contribution < 1.29 is 8.42 Å². The van der Waals surface area contributed by atoms with Gasteiger partial charge in [-0.15, -0.1) is 0 Å². The van der Waals surface area contributed by atoms with E-state index in [0.29, 0.717) is 13.1 Å². The van der Waals surface area contributed by atoms with E-state index >= 15 is 0 Å². The SMILES string of the molecule is CC(C)n1nccc1-c1cncc(CC2CCN(S(=O)(=O)N(C)C)C2)n1. The summed E-state index contributed by atoms with van der Waals surface area (Å²) in [4.78, 5) is 9.08. The zero-order valence-electron chi connectivity index (χ0n) is 15.7. The molecular weight excluding hydrogens is 352 g/mol. The Bertz CT molecular complexity index is 862. The van der Waals surface area contributed by atoms with Crippen LogP contribution in [0.4, 0.5) is 0 Å². The largest absolute Gasteiger partial charge is 0.281 e. The summed E-state index contributed by atoms with van der Waals surface area (Å²) in [7, 11) is -0.212. The summed E-state index contributed by atoms with van der Waals surface area (Å²) in [6.07, 6.45) is 6.84. The minimum atomic E-state index is -3.34. The molecule has 0 N–H and O–H groups in total. The van der Waals surface area contributed by atoms with Crippen molar-refractivity contribution in [2.75, 3.05) is 27.2 Å². The van der Waals surface area contributed by atoms with Gasteiger partial charge in [0.1, 0.15) is 5.69 Å². The number of hydrogen-bond acceptors (Lipinski definition) is 5. The fraction of sp³-hybridized carbons (Fsp3) is 0.588. The van der Waals surface area contributed by atoms with Gasteiger partial charge in [0.25, 0.3) is 10.2 Å². The van der Waals surface area contributed by atoms with Gasteiger partial charge in [-0.1, -0.05) is 0 Å². The molecule has 2 aromatic heterocycles. The van der Waals surface area contributed by atoms with E-state index in [1.807, 2.05) is 10.7 Å². The number of rotatable bonds is 6. The average Bonchev–Trinajstić information content (AvgIpc) is 3.24. The minimum absolute atomic E-state index is 0.241. The highest BCUT2D eigenvalue weighted by atomic mass is 32.2. The molecule has 26 heavy (non-hydrogen) atoms. The smallest absolute Gasteiger partial charge is 0.261 e. The monoisotopic (exact) mass is 378 g/mol. The molecule has 1 aliphatic rings. The lowest BCUT2D eigenvalue weighted by molar-refractivity contribution is 0.409. The van der Waals surface area contributed by atoms with Crippen LogP contribution in [0.15, 0.2) is 24.7 Å². The van der Waals surface area contributed by atoms with Gasteiger partial charge in [0.2, 0.25) is 0 Å². The molecule has 1 aliphatic heterocycles. The molecule has 0 spiro atoms. The third-order valence-corrected chi connectivity index (χ3v) is 6.55. The molecule has 1 saturated heterocycles. The molecule has 0 bridgehead atoms. The van der Waals surface area contributed by atoms with Crippen LogP contribution in [0.25, 0.3) is 11.4 Å². The van der Waals surface area contributed by atoms with Crippen molar-refractivity contribution in [3.63, 3.8) is 0 Å². The first-order chi connectivity index (χ1) is 12.3. The Morgan fingerprint density at radius 3 is 2.77 bits per heavy atom. The van der Waals surface area contributed by atoms with Crippen LogP contribution in [0.5, 0.6) is 0 Å². The van der Waals surface area contributed by atoms with Crippen molar-refractivity contribution in [1.29, 1.82) is 0 Å². The van der Waals surface area contributed by atoms with E-state index in [-0.39, 0.29) is 12.0 Å². The maximum absolute atomic E-state index is 12.3. The van der Waals surface area contributed by atoms with E-state index in [0.717, 1.165) is 29.9 Å². The van der Waals surface area contributed by atoms with Crippen molar-refractivity contribution in [1.82, 2.24) is 28.4 Å². The van der Waals surface area contributed by atoms with Crippen molar-refractivity contribution in [3.05, 3.63) is 30.4 Å². The lowest BCUT2D eigenvalue weighted by Crippen LogP contribution is -2.38. The van der Waals surface area contributed by atoms with Crippen LogP contribution < -0.4 is 0 Å². The predicted octanol–water partition coefficient (Wildman–Crippen LogP) is 1.59. The zero-order chi connectivity index (χ0) is 18.9. The van der Waals surface area contributed by atoms with Gasteiger partial charge in [-0.25, -0.2) is 4.98 Å². The molecule has 8 nitrogen and oxygen atoms in total. The quantitative estimate of drug-likeness (QED) is 0.762. The van der Waals surface area contributed by atoms with Crippen LogP contribution in [0.3, 0.4) is 0 Å².